The lowest BCUT2D eigenvalue weighted by molar-refractivity contribution is 0.520. The standard InChI is InChI=1S/C19H23NO4S2/c21-25(22)14-18(20-13-7-10-16-8-3-1-4-9-16)19(15-25)26(23,24)17-11-5-2-6-12-17/h1-6,8-9,11-12,18-20H,7,10,13-15H2. The van der Waals surface area contributed by atoms with E-state index in [9.17, 15) is 16.8 Å². The Labute approximate surface area is 155 Å². The van der Waals surface area contributed by atoms with Gasteiger partial charge in [0.05, 0.1) is 21.7 Å². The maximum atomic E-state index is 12.9. The van der Waals surface area contributed by atoms with Crippen molar-refractivity contribution < 1.29 is 16.8 Å². The second kappa shape index (κ2) is 7.90. The number of rotatable bonds is 7. The Hall–Kier alpha value is -1.70. The van der Waals surface area contributed by atoms with Crippen molar-refractivity contribution in [3.05, 3.63) is 66.2 Å². The van der Waals surface area contributed by atoms with E-state index in [1.807, 2.05) is 30.3 Å². The van der Waals surface area contributed by atoms with Gasteiger partial charge in [-0.15, -0.1) is 0 Å². The van der Waals surface area contributed by atoms with Gasteiger partial charge in [0.2, 0.25) is 0 Å². The number of nitrogens with one attached hydrogen (secondary N) is 1. The number of aryl methyl sites for hydroxylation is 1. The maximum Gasteiger partial charge on any atom is 0.183 e. The van der Waals surface area contributed by atoms with Crippen LogP contribution in [0.5, 0.6) is 0 Å². The molecule has 0 spiro atoms. The summed E-state index contributed by atoms with van der Waals surface area (Å²) in [5.74, 6) is -0.449. The fraction of sp³-hybridized carbons (Fsp3) is 0.368. The molecule has 1 aliphatic rings. The molecule has 1 saturated heterocycles. The van der Waals surface area contributed by atoms with Gasteiger partial charge in [-0.25, -0.2) is 16.8 Å². The summed E-state index contributed by atoms with van der Waals surface area (Å²) in [7, 11) is -7.06. The molecular formula is C19H23NO4S2. The average Bonchev–Trinajstić information content (AvgIpc) is 2.96. The monoisotopic (exact) mass is 393 g/mol. The van der Waals surface area contributed by atoms with E-state index in [1.54, 1.807) is 18.2 Å². The van der Waals surface area contributed by atoms with Gasteiger partial charge in [0, 0.05) is 6.04 Å². The summed E-state index contributed by atoms with van der Waals surface area (Å²) in [6.07, 6.45) is 1.68. The average molecular weight is 394 g/mol. The van der Waals surface area contributed by atoms with E-state index in [0.29, 0.717) is 6.54 Å². The maximum absolute atomic E-state index is 12.9. The molecule has 0 radical (unpaired) electrons. The summed E-state index contributed by atoms with van der Waals surface area (Å²) in [6, 6.07) is 17.5. The quantitative estimate of drug-likeness (QED) is 0.726. The molecule has 1 N–H and O–H groups in total. The smallest absolute Gasteiger partial charge is 0.183 e. The molecule has 0 bridgehead atoms. The summed E-state index contributed by atoms with van der Waals surface area (Å²) >= 11 is 0. The molecule has 1 fully saturated rings. The van der Waals surface area contributed by atoms with Gasteiger partial charge in [0.15, 0.2) is 19.7 Å². The summed E-state index contributed by atoms with van der Waals surface area (Å²) in [6.45, 7) is 0.579. The first-order chi connectivity index (χ1) is 12.4. The van der Waals surface area contributed by atoms with Crippen molar-refractivity contribution in [2.45, 2.75) is 29.0 Å². The zero-order valence-corrected chi connectivity index (χ0v) is 16.0. The minimum absolute atomic E-state index is 0.130. The van der Waals surface area contributed by atoms with E-state index in [2.05, 4.69) is 5.32 Å². The predicted molar refractivity (Wildman–Crippen MR) is 103 cm³/mol. The zero-order valence-electron chi connectivity index (χ0n) is 14.4. The van der Waals surface area contributed by atoms with Gasteiger partial charge in [0.1, 0.15) is 0 Å². The molecule has 0 saturated carbocycles. The summed E-state index contributed by atoms with van der Waals surface area (Å²) in [5.41, 5.74) is 1.21. The lowest BCUT2D eigenvalue weighted by atomic mass is 10.1. The summed E-state index contributed by atoms with van der Waals surface area (Å²) < 4.78 is 49.9. The Morgan fingerprint density at radius 3 is 2.19 bits per heavy atom. The second-order valence-electron chi connectivity index (χ2n) is 6.62. The highest BCUT2D eigenvalue weighted by atomic mass is 32.2. The Morgan fingerprint density at radius 1 is 0.923 bits per heavy atom. The van der Waals surface area contributed by atoms with Crippen molar-refractivity contribution in [3.63, 3.8) is 0 Å². The van der Waals surface area contributed by atoms with E-state index >= 15 is 0 Å². The van der Waals surface area contributed by atoms with Crippen molar-refractivity contribution in [2.24, 2.45) is 0 Å². The molecule has 0 amide bonds. The Balaban J connectivity index is 1.67. The Morgan fingerprint density at radius 2 is 1.54 bits per heavy atom. The van der Waals surface area contributed by atoms with Crippen molar-refractivity contribution in [3.8, 4) is 0 Å². The molecule has 0 aromatic heterocycles. The second-order valence-corrected chi connectivity index (χ2v) is 10.9. The van der Waals surface area contributed by atoms with Crippen LogP contribution in [0.1, 0.15) is 12.0 Å². The molecule has 7 heteroatoms. The van der Waals surface area contributed by atoms with Crippen molar-refractivity contribution in [1.82, 2.24) is 5.32 Å². The van der Waals surface area contributed by atoms with Gasteiger partial charge < -0.3 is 5.32 Å². The van der Waals surface area contributed by atoms with Crippen molar-refractivity contribution >= 4 is 19.7 Å². The number of sulfone groups is 2. The first kappa shape index (κ1) is 19.1. The molecule has 5 nitrogen and oxygen atoms in total. The van der Waals surface area contributed by atoms with E-state index < -0.39 is 31.0 Å². The highest BCUT2D eigenvalue weighted by Crippen LogP contribution is 2.25. The third-order valence-electron chi connectivity index (χ3n) is 4.66. The minimum atomic E-state index is -3.69. The normalized spacial score (nSPS) is 22.3. The highest BCUT2D eigenvalue weighted by molar-refractivity contribution is 7.96. The molecule has 140 valence electrons. The van der Waals surface area contributed by atoms with Crippen LogP contribution in [-0.4, -0.2) is 46.2 Å². The van der Waals surface area contributed by atoms with Crippen LogP contribution in [-0.2, 0) is 26.1 Å². The molecular weight excluding hydrogens is 370 g/mol. The third kappa shape index (κ3) is 4.52. The topological polar surface area (TPSA) is 80.3 Å². The van der Waals surface area contributed by atoms with Gasteiger partial charge >= 0.3 is 0 Å². The van der Waals surface area contributed by atoms with E-state index in [1.165, 1.54) is 17.7 Å². The number of hydrogen-bond acceptors (Lipinski definition) is 5. The Bertz CT molecular complexity index is 926. The number of hydrogen-bond donors (Lipinski definition) is 1. The van der Waals surface area contributed by atoms with Crippen LogP contribution in [0.3, 0.4) is 0 Å². The van der Waals surface area contributed by atoms with Crippen LogP contribution >= 0.6 is 0 Å². The van der Waals surface area contributed by atoms with E-state index in [4.69, 9.17) is 0 Å². The molecule has 1 heterocycles. The molecule has 2 atom stereocenters. The fourth-order valence-corrected chi connectivity index (χ4v) is 8.06. The molecule has 1 aliphatic heterocycles. The van der Waals surface area contributed by atoms with Crippen molar-refractivity contribution in [1.29, 1.82) is 0 Å². The fourth-order valence-electron chi connectivity index (χ4n) is 3.32. The lowest BCUT2D eigenvalue weighted by Crippen LogP contribution is -2.43. The summed E-state index contributed by atoms with van der Waals surface area (Å²) in [5, 5.41) is 2.24. The minimum Gasteiger partial charge on any atom is -0.312 e. The molecule has 2 unspecified atom stereocenters. The lowest BCUT2D eigenvalue weighted by Gasteiger charge is -2.20. The van der Waals surface area contributed by atoms with Crippen LogP contribution in [0, 0.1) is 0 Å². The first-order valence-electron chi connectivity index (χ1n) is 8.65. The highest BCUT2D eigenvalue weighted by Gasteiger charge is 2.45. The van der Waals surface area contributed by atoms with Crippen LogP contribution in [0.25, 0.3) is 0 Å². The van der Waals surface area contributed by atoms with Crippen LogP contribution in [0.4, 0.5) is 0 Å². The van der Waals surface area contributed by atoms with Gasteiger partial charge in [-0.05, 0) is 37.1 Å². The van der Waals surface area contributed by atoms with Gasteiger partial charge in [-0.2, -0.15) is 0 Å². The third-order valence-corrected chi connectivity index (χ3v) is 8.83. The van der Waals surface area contributed by atoms with Crippen LogP contribution in [0.2, 0.25) is 0 Å². The van der Waals surface area contributed by atoms with Gasteiger partial charge in [0.25, 0.3) is 0 Å². The van der Waals surface area contributed by atoms with E-state index in [-0.39, 0.29) is 16.4 Å². The van der Waals surface area contributed by atoms with E-state index in [0.717, 1.165) is 12.8 Å². The van der Waals surface area contributed by atoms with Crippen molar-refractivity contribution in [2.75, 3.05) is 18.1 Å². The molecule has 2 aromatic rings. The summed E-state index contributed by atoms with van der Waals surface area (Å²) in [4.78, 5) is 0.179. The zero-order chi connectivity index (χ0) is 18.6. The first-order valence-corrected chi connectivity index (χ1v) is 12.0. The molecule has 2 aromatic carbocycles. The number of benzene rings is 2. The van der Waals surface area contributed by atoms with Gasteiger partial charge in [-0.3, -0.25) is 0 Å². The predicted octanol–water partition coefficient (Wildman–Crippen LogP) is 1.85. The Kier molecular flexibility index (Phi) is 5.79. The van der Waals surface area contributed by atoms with Crippen LogP contribution < -0.4 is 5.32 Å². The van der Waals surface area contributed by atoms with Gasteiger partial charge in [-0.1, -0.05) is 48.5 Å². The SMILES string of the molecule is O=S1(=O)CC(NCCCc2ccccc2)C(S(=O)(=O)c2ccccc2)C1. The van der Waals surface area contributed by atoms with Crippen LogP contribution in [0.15, 0.2) is 65.6 Å². The molecule has 3 rings (SSSR count). The largest absolute Gasteiger partial charge is 0.312 e. The molecule has 26 heavy (non-hydrogen) atoms. The molecule has 0 aliphatic carbocycles.